The lowest BCUT2D eigenvalue weighted by Crippen LogP contribution is -2.12. The zero-order chi connectivity index (χ0) is 23.4. The van der Waals surface area contributed by atoms with Gasteiger partial charge in [-0.15, -0.1) is 0 Å². The van der Waals surface area contributed by atoms with E-state index < -0.39 is 10.8 Å². The maximum absolute atomic E-state index is 12.7. The average molecular weight is 465 g/mol. The number of benzene rings is 3. The molecule has 4 rings (SSSR count). The minimum Gasteiger partial charge on any atom is -0.497 e. The highest BCUT2D eigenvalue weighted by Gasteiger charge is 2.16. The van der Waals surface area contributed by atoms with Gasteiger partial charge in [0.2, 0.25) is 0 Å². The predicted octanol–water partition coefficient (Wildman–Crippen LogP) is 5.69. The molecule has 0 spiro atoms. The van der Waals surface area contributed by atoms with Gasteiger partial charge in [0.1, 0.15) is 22.9 Å². The molecule has 0 saturated heterocycles. The summed E-state index contributed by atoms with van der Waals surface area (Å²) in [5.41, 5.74) is 1.50. The Bertz CT molecular complexity index is 1300. The summed E-state index contributed by atoms with van der Waals surface area (Å²) < 4.78 is 10.8. The molecule has 0 aliphatic rings. The average Bonchev–Trinajstić information content (AvgIpc) is 3.31. The molecule has 3 aromatic carbocycles. The van der Waals surface area contributed by atoms with Crippen molar-refractivity contribution in [2.75, 3.05) is 12.4 Å². The molecule has 166 valence electrons. The van der Waals surface area contributed by atoms with E-state index in [-0.39, 0.29) is 22.8 Å². The molecule has 2 N–H and O–H groups in total. The van der Waals surface area contributed by atoms with Crippen molar-refractivity contribution in [1.29, 1.82) is 0 Å². The van der Waals surface area contributed by atoms with E-state index in [2.05, 4.69) is 15.5 Å². The molecule has 1 amide bonds. The Morgan fingerprint density at radius 2 is 1.70 bits per heavy atom. The standard InChI is InChI=1S/C23H17ClN4O5/c1-32-18-6-2-14(3-7-18)21-13-22(27-26-21)23(29)25-16-10-17(28(30)31)12-20(11-16)33-19-8-4-15(24)5-9-19/h2-13H,1H3,(H,25,29)(H,26,27). The molecule has 0 aliphatic carbocycles. The van der Waals surface area contributed by atoms with E-state index in [1.165, 1.54) is 18.2 Å². The Hall–Kier alpha value is -4.37. The number of carbonyl (C=O) groups is 1. The van der Waals surface area contributed by atoms with Crippen molar-refractivity contribution in [3.05, 3.63) is 93.6 Å². The first-order valence-electron chi connectivity index (χ1n) is 9.65. The van der Waals surface area contributed by atoms with Gasteiger partial charge in [-0.25, -0.2) is 0 Å². The summed E-state index contributed by atoms with van der Waals surface area (Å²) in [5, 5.41) is 21.4. The number of nitro benzene ring substituents is 1. The Kier molecular flexibility index (Phi) is 6.23. The van der Waals surface area contributed by atoms with Gasteiger partial charge >= 0.3 is 0 Å². The lowest BCUT2D eigenvalue weighted by Gasteiger charge is -2.09. The fourth-order valence-corrected chi connectivity index (χ4v) is 3.13. The fraction of sp³-hybridized carbons (Fsp3) is 0.0435. The van der Waals surface area contributed by atoms with Crippen molar-refractivity contribution in [3.8, 4) is 28.5 Å². The number of hydrogen-bond donors (Lipinski definition) is 2. The van der Waals surface area contributed by atoms with Crippen LogP contribution in [0, 0.1) is 10.1 Å². The van der Waals surface area contributed by atoms with E-state index in [1.54, 1.807) is 49.6 Å². The van der Waals surface area contributed by atoms with E-state index >= 15 is 0 Å². The number of aromatic amines is 1. The van der Waals surface area contributed by atoms with Crippen LogP contribution in [0.25, 0.3) is 11.3 Å². The SMILES string of the molecule is COc1ccc(-c2cc(C(=O)Nc3cc(Oc4ccc(Cl)cc4)cc([N+](=O)[O-])c3)[nH]n2)cc1. The number of ether oxygens (including phenoxy) is 2. The van der Waals surface area contributed by atoms with Crippen LogP contribution in [0.4, 0.5) is 11.4 Å². The third-order valence-corrected chi connectivity index (χ3v) is 4.87. The topological polar surface area (TPSA) is 119 Å². The van der Waals surface area contributed by atoms with Crippen LogP contribution in [0.15, 0.2) is 72.8 Å². The second-order valence-electron chi connectivity index (χ2n) is 6.88. The summed E-state index contributed by atoms with van der Waals surface area (Å²) in [6.07, 6.45) is 0. The Morgan fingerprint density at radius 3 is 2.36 bits per heavy atom. The number of rotatable bonds is 7. The van der Waals surface area contributed by atoms with Crippen molar-refractivity contribution in [2.45, 2.75) is 0 Å². The lowest BCUT2D eigenvalue weighted by atomic mass is 10.1. The van der Waals surface area contributed by atoms with Crippen LogP contribution in [0.5, 0.6) is 17.2 Å². The van der Waals surface area contributed by atoms with E-state index in [1.807, 2.05) is 12.1 Å². The van der Waals surface area contributed by atoms with E-state index in [4.69, 9.17) is 21.1 Å². The number of amides is 1. The highest BCUT2D eigenvalue weighted by atomic mass is 35.5. The van der Waals surface area contributed by atoms with Gasteiger partial charge in [-0.1, -0.05) is 11.6 Å². The number of aromatic nitrogens is 2. The molecule has 0 radical (unpaired) electrons. The molecule has 33 heavy (non-hydrogen) atoms. The van der Waals surface area contributed by atoms with Gasteiger partial charge in [-0.3, -0.25) is 20.0 Å². The number of carbonyl (C=O) groups excluding carboxylic acids is 1. The maximum Gasteiger partial charge on any atom is 0.275 e. The van der Waals surface area contributed by atoms with Gasteiger partial charge in [-0.05, 0) is 54.6 Å². The zero-order valence-electron chi connectivity index (χ0n) is 17.2. The fourth-order valence-electron chi connectivity index (χ4n) is 3.00. The summed E-state index contributed by atoms with van der Waals surface area (Å²) in [5.74, 6) is 0.815. The number of H-pyrrole nitrogens is 1. The predicted molar refractivity (Wildman–Crippen MR) is 123 cm³/mol. The summed E-state index contributed by atoms with van der Waals surface area (Å²) in [7, 11) is 1.58. The number of halogens is 1. The molecular formula is C23H17ClN4O5. The summed E-state index contributed by atoms with van der Waals surface area (Å²) in [4.78, 5) is 23.5. The maximum atomic E-state index is 12.7. The Morgan fingerprint density at radius 1 is 1.00 bits per heavy atom. The first-order chi connectivity index (χ1) is 15.9. The Labute approximate surface area is 193 Å². The normalized spacial score (nSPS) is 10.5. The van der Waals surface area contributed by atoms with Crippen molar-refractivity contribution in [2.24, 2.45) is 0 Å². The van der Waals surface area contributed by atoms with E-state index in [0.29, 0.717) is 22.2 Å². The summed E-state index contributed by atoms with van der Waals surface area (Å²) in [6.45, 7) is 0. The first-order valence-corrected chi connectivity index (χ1v) is 10.0. The van der Waals surface area contributed by atoms with Crippen LogP contribution in [0.2, 0.25) is 5.02 Å². The highest BCUT2D eigenvalue weighted by Crippen LogP contribution is 2.30. The second kappa shape index (κ2) is 9.41. The molecule has 9 nitrogen and oxygen atoms in total. The molecule has 0 unspecified atom stereocenters. The van der Waals surface area contributed by atoms with Gasteiger partial charge in [0.25, 0.3) is 11.6 Å². The summed E-state index contributed by atoms with van der Waals surface area (Å²) >= 11 is 5.87. The Balaban J connectivity index is 1.54. The first kappa shape index (κ1) is 21.8. The molecule has 0 bridgehead atoms. The number of hydrogen-bond acceptors (Lipinski definition) is 6. The minimum absolute atomic E-state index is 0.186. The van der Waals surface area contributed by atoms with Crippen LogP contribution in [0.1, 0.15) is 10.5 Å². The van der Waals surface area contributed by atoms with Crippen LogP contribution < -0.4 is 14.8 Å². The molecular weight excluding hydrogens is 448 g/mol. The number of nitrogens with zero attached hydrogens (tertiary/aromatic N) is 2. The molecule has 1 aromatic heterocycles. The molecule has 0 saturated carbocycles. The molecule has 1 heterocycles. The van der Waals surface area contributed by atoms with Crippen molar-refractivity contribution >= 4 is 28.9 Å². The van der Waals surface area contributed by atoms with Crippen LogP contribution in [-0.2, 0) is 0 Å². The summed E-state index contributed by atoms with van der Waals surface area (Å²) in [6, 6.07) is 19.3. The van der Waals surface area contributed by atoms with Crippen LogP contribution in [0.3, 0.4) is 0 Å². The van der Waals surface area contributed by atoms with Crippen LogP contribution >= 0.6 is 11.6 Å². The zero-order valence-corrected chi connectivity index (χ0v) is 18.0. The smallest absolute Gasteiger partial charge is 0.275 e. The lowest BCUT2D eigenvalue weighted by molar-refractivity contribution is -0.384. The number of nitrogens with one attached hydrogen (secondary N) is 2. The second-order valence-corrected chi connectivity index (χ2v) is 7.31. The number of anilines is 1. The van der Waals surface area contributed by atoms with Crippen LogP contribution in [-0.4, -0.2) is 28.1 Å². The number of nitro groups is 1. The van der Waals surface area contributed by atoms with Gasteiger partial charge in [0.05, 0.1) is 29.5 Å². The van der Waals surface area contributed by atoms with Gasteiger partial charge in [0, 0.05) is 22.7 Å². The van der Waals surface area contributed by atoms with Crippen molar-refractivity contribution in [1.82, 2.24) is 10.2 Å². The highest BCUT2D eigenvalue weighted by molar-refractivity contribution is 6.30. The molecule has 4 aromatic rings. The van der Waals surface area contributed by atoms with Crippen molar-refractivity contribution < 1.29 is 19.2 Å². The number of non-ortho nitro benzene ring substituents is 1. The molecule has 0 aliphatic heterocycles. The van der Waals surface area contributed by atoms with Gasteiger partial charge in [0.15, 0.2) is 0 Å². The molecule has 0 fully saturated rings. The molecule has 0 atom stereocenters. The third-order valence-electron chi connectivity index (χ3n) is 4.62. The van der Waals surface area contributed by atoms with Gasteiger partial charge < -0.3 is 14.8 Å². The number of methoxy groups -OCH3 is 1. The van der Waals surface area contributed by atoms with Crippen molar-refractivity contribution in [3.63, 3.8) is 0 Å². The monoisotopic (exact) mass is 464 g/mol. The van der Waals surface area contributed by atoms with E-state index in [0.717, 1.165) is 5.56 Å². The largest absolute Gasteiger partial charge is 0.497 e. The third kappa shape index (κ3) is 5.28. The van der Waals surface area contributed by atoms with E-state index in [9.17, 15) is 14.9 Å². The molecule has 10 heteroatoms. The minimum atomic E-state index is -0.567. The van der Waals surface area contributed by atoms with Gasteiger partial charge in [-0.2, -0.15) is 5.10 Å². The quantitative estimate of drug-likeness (QED) is 0.268.